The molecule has 1 unspecified atom stereocenters. The third kappa shape index (κ3) is 5.83. The first-order chi connectivity index (χ1) is 12.2. The second-order valence-corrected chi connectivity index (χ2v) is 8.84. The zero-order valence-electron chi connectivity index (χ0n) is 16.2. The van der Waals surface area contributed by atoms with Gasteiger partial charge >= 0.3 is 0 Å². The maximum absolute atomic E-state index is 13.3. The number of hydrogen-bond donors (Lipinski definition) is 0. The number of fused-ring (bicyclic) bond motifs is 1. The van der Waals surface area contributed by atoms with E-state index < -0.39 is 0 Å². The number of hydrogen-bond acceptors (Lipinski definition) is 0. The van der Waals surface area contributed by atoms with Crippen LogP contribution in [0.25, 0.3) is 0 Å². The van der Waals surface area contributed by atoms with Crippen LogP contribution in [0.4, 0.5) is 4.39 Å². The summed E-state index contributed by atoms with van der Waals surface area (Å²) in [5.41, 5.74) is 2.67. The molecule has 0 radical (unpaired) electrons. The Hall–Kier alpha value is -0.850. The highest BCUT2D eigenvalue weighted by molar-refractivity contribution is 5.30. The van der Waals surface area contributed by atoms with Gasteiger partial charge < -0.3 is 0 Å². The zero-order chi connectivity index (χ0) is 17.5. The number of unbranched alkanes of at least 4 members (excludes halogenated alkanes) is 3. The molecule has 3 rings (SSSR count). The molecule has 0 aliphatic heterocycles. The third-order valence-electron chi connectivity index (χ3n) is 6.91. The number of rotatable bonds is 8. The van der Waals surface area contributed by atoms with Gasteiger partial charge in [0.1, 0.15) is 5.82 Å². The first-order valence-electron chi connectivity index (χ1n) is 11.0. The Labute approximate surface area is 154 Å². The fraction of sp³-hybridized carbons (Fsp3) is 0.750. The Balaban J connectivity index is 1.33. The van der Waals surface area contributed by atoms with Gasteiger partial charge in [-0.05, 0) is 66.7 Å². The third-order valence-corrected chi connectivity index (χ3v) is 6.91. The fourth-order valence-electron chi connectivity index (χ4n) is 5.19. The van der Waals surface area contributed by atoms with Crippen molar-refractivity contribution in [2.45, 2.75) is 96.8 Å². The summed E-state index contributed by atoms with van der Waals surface area (Å²) in [4.78, 5) is 0. The molecule has 0 spiro atoms. The van der Waals surface area contributed by atoms with Gasteiger partial charge in [-0.2, -0.15) is 0 Å². The molecule has 0 saturated heterocycles. The van der Waals surface area contributed by atoms with Gasteiger partial charge in [0, 0.05) is 0 Å². The summed E-state index contributed by atoms with van der Waals surface area (Å²) >= 11 is 0. The molecule has 2 aliphatic rings. The molecule has 0 N–H and O–H groups in total. The first-order valence-corrected chi connectivity index (χ1v) is 11.0. The van der Waals surface area contributed by atoms with E-state index in [4.69, 9.17) is 0 Å². The van der Waals surface area contributed by atoms with Crippen molar-refractivity contribution in [2.24, 2.45) is 17.8 Å². The van der Waals surface area contributed by atoms with Crippen molar-refractivity contribution in [3.63, 3.8) is 0 Å². The average molecular weight is 345 g/mol. The summed E-state index contributed by atoms with van der Waals surface area (Å²) in [5, 5.41) is 0. The molecule has 1 fully saturated rings. The van der Waals surface area contributed by atoms with E-state index in [9.17, 15) is 4.39 Å². The van der Waals surface area contributed by atoms with E-state index in [0.29, 0.717) is 0 Å². The lowest BCUT2D eigenvalue weighted by atomic mass is 9.75. The van der Waals surface area contributed by atoms with Crippen LogP contribution < -0.4 is 0 Å². The van der Waals surface area contributed by atoms with E-state index in [-0.39, 0.29) is 5.82 Å². The first kappa shape index (κ1) is 18.9. The van der Waals surface area contributed by atoms with Gasteiger partial charge in [-0.1, -0.05) is 77.2 Å². The van der Waals surface area contributed by atoms with Gasteiger partial charge in [-0.25, -0.2) is 4.39 Å². The maximum Gasteiger partial charge on any atom is 0.123 e. The molecule has 1 aromatic rings. The monoisotopic (exact) mass is 344 g/mol. The van der Waals surface area contributed by atoms with Crippen molar-refractivity contribution in [1.29, 1.82) is 0 Å². The van der Waals surface area contributed by atoms with Crippen molar-refractivity contribution in [3.05, 3.63) is 35.1 Å². The summed E-state index contributed by atoms with van der Waals surface area (Å²) in [7, 11) is 0. The second kappa shape index (κ2) is 9.74. The summed E-state index contributed by atoms with van der Waals surface area (Å²) < 4.78 is 13.3. The smallest absolute Gasteiger partial charge is 0.123 e. The molecule has 0 bridgehead atoms. The van der Waals surface area contributed by atoms with E-state index in [1.54, 1.807) is 12.1 Å². The highest BCUT2D eigenvalue weighted by Crippen LogP contribution is 2.36. The van der Waals surface area contributed by atoms with E-state index in [0.717, 1.165) is 24.2 Å². The molecule has 25 heavy (non-hydrogen) atoms. The Morgan fingerprint density at radius 2 is 1.52 bits per heavy atom. The molecule has 140 valence electrons. The Bertz CT molecular complexity index is 513. The van der Waals surface area contributed by atoms with Crippen LogP contribution in [-0.2, 0) is 12.8 Å². The lowest BCUT2D eigenvalue weighted by molar-refractivity contribution is 0.233. The standard InChI is InChI=1S/C24H37F/c1-2-3-4-5-6-19-7-9-20(10-8-19)11-12-21-13-14-23-18-24(25)16-15-22(23)17-21/h15-16,18-21H,2-14,17H2,1H3. The van der Waals surface area contributed by atoms with Crippen LogP contribution in [-0.4, -0.2) is 0 Å². The predicted octanol–water partition coefficient (Wildman–Crippen LogP) is 7.49. The van der Waals surface area contributed by atoms with E-state index in [1.165, 1.54) is 94.6 Å². The number of benzene rings is 1. The van der Waals surface area contributed by atoms with Crippen LogP contribution in [0.3, 0.4) is 0 Å². The summed E-state index contributed by atoms with van der Waals surface area (Å²) in [6.45, 7) is 2.30. The van der Waals surface area contributed by atoms with Gasteiger partial charge in [-0.3, -0.25) is 0 Å². The molecule has 1 heteroatoms. The normalized spacial score (nSPS) is 26.4. The van der Waals surface area contributed by atoms with Gasteiger partial charge in [0.05, 0.1) is 0 Å². The Morgan fingerprint density at radius 1 is 0.800 bits per heavy atom. The summed E-state index contributed by atoms with van der Waals surface area (Å²) in [6, 6.07) is 5.43. The predicted molar refractivity (Wildman–Crippen MR) is 105 cm³/mol. The van der Waals surface area contributed by atoms with Gasteiger partial charge in [0.2, 0.25) is 0 Å². The minimum absolute atomic E-state index is 0.0661. The highest BCUT2D eigenvalue weighted by atomic mass is 19.1. The molecule has 1 saturated carbocycles. The largest absolute Gasteiger partial charge is 0.207 e. The molecule has 0 amide bonds. The van der Waals surface area contributed by atoms with Crippen molar-refractivity contribution in [2.75, 3.05) is 0 Å². The number of aryl methyl sites for hydroxylation is 1. The molecule has 1 atom stereocenters. The summed E-state index contributed by atoms with van der Waals surface area (Å²) in [6.07, 6.45) is 19.5. The van der Waals surface area contributed by atoms with Crippen LogP contribution in [0, 0.1) is 23.6 Å². The molecule has 1 aromatic carbocycles. The van der Waals surface area contributed by atoms with Crippen molar-refractivity contribution < 1.29 is 4.39 Å². The van der Waals surface area contributed by atoms with Gasteiger partial charge in [0.25, 0.3) is 0 Å². The van der Waals surface area contributed by atoms with E-state index in [1.807, 2.05) is 6.07 Å². The molecule has 0 aromatic heterocycles. The minimum Gasteiger partial charge on any atom is -0.207 e. The highest BCUT2D eigenvalue weighted by Gasteiger charge is 2.23. The molecular formula is C24H37F. The van der Waals surface area contributed by atoms with Crippen LogP contribution in [0.2, 0.25) is 0 Å². The average Bonchev–Trinajstić information content (AvgIpc) is 2.64. The zero-order valence-corrected chi connectivity index (χ0v) is 16.2. The topological polar surface area (TPSA) is 0 Å². The SMILES string of the molecule is CCCCCCC1CCC(CCC2CCc3cc(F)ccc3C2)CC1. The molecule has 2 aliphatic carbocycles. The Kier molecular flexibility index (Phi) is 7.37. The van der Waals surface area contributed by atoms with Gasteiger partial charge in [-0.15, -0.1) is 0 Å². The quantitative estimate of drug-likeness (QED) is 0.429. The number of halogens is 1. The molecule has 0 nitrogen and oxygen atoms in total. The lowest BCUT2D eigenvalue weighted by Crippen LogP contribution is -2.18. The lowest BCUT2D eigenvalue weighted by Gasteiger charge is -2.31. The Morgan fingerprint density at radius 3 is 2.28 bits per heavy atom. The van der Waals surface area contributed by atoms with Crippen LogP contribution in [0.15, 0.2) is 18.2 Å². The maximum atomic E-state index is 13.3. The molecular weight excluding hydrogens is 307 g/mol. The van der Waals surface area contributed by atoms with Crippen LogP contribution in [0.5, 0.6) is 0 Å². The van der Waals surface area contributed by atoms with E-state index >= 15 is 0 Å². The van der Waals surface area contributed by atoms with Crippen molar-refractivity contribution >= 4 is 0 Å². The van der Waals surface area contributed by atoms with Crippen LogP contribution >= 0.6 is 0 Å². The fourth-order valence-corrected chi connectivity index (χ4v) is 5.19. The minimum atomic E-state index is -0.0661. The van der Waals surface area contributed by atoms with E-state index in [2.05, 4.69) is 6.92 Å². The van der Waals surface area contributed by atoms with Crippen molar-refractivity contribution in [1.82, 2.24) is 0 Å². The summed E-state index contributed by atoms with van der Waals surface area (Å²) in [5.74, 6) is 2.79. The van der Waals surface area contributed by atoms with Crippen molar-refractivity contribution in [3.8, 4) is 0 Å². The van der Waals surface area contributed by atoms with Gasteiger partial charge in [0.15, 0.2) is 0 Å². The van der Waals surface area contributed by atoms with Crippen LogP contribution in [0.1, 0.15) is 95.1 Å². The second-order valence-electron chi connectivity index (χ2n) is 8.84. The molecule has 0 heterocycles.